The maximum absolute atomic E-state index is 11.8. The minimum absolute atomic E-state index is 0.0583. The molecule has 0 aliphatic rings. The molecule has 1 N–H and O–H groups in total. The van der Waals surface area contributed by atoms with E-state index in [1.807, 2.05) is 0 Å². The molecule has 0 radical (unpaired) electrons. The molecule has 1 heterocycles. The second-order valence-corrected chi connectivity index (χ2v) is 4.68. The van der Waals surface area contributed by atoms with Crippen LogP contribution in [0.1, 0.15) is 10.4 Å². The fourth-order valence-corrected chi connectivity index (χ4v) is 2.50. The Bertz CT molecular complexity index is 645. The van der Waals surface area contributed by atoms with Gasteiger partial charge in [0.2, 0.25) is 5.43 Å². The van der Waals surface area contributed by atoms with Gasteiger partial charge in [0.25, 0.3) is 0 Å². The maximum Gasteiger partial charge on any atom is 0.203 e. The predicted molar refractivity (Wildman–Crippen MR) is 64.9 cm³/mol. The standard InChI is InChI=1S/C10H4Br2O4/c11-6-1-5-8(14)4(2-13)3-16-10(5)7(12)9(6)15/h1-3,15H. The molecule has 0 atom stereocenters. The highest BCUT2D eigenvalue weighted by atomic mass is 79.9. The van der Waals surface area contributed by atoms with Gasteiger partial charge in [-0.25, -0.2) is 0 Å². The minimum atomic E-state index is -0.433. The molecule has 0 unspecified atom stereocenters. The van der Waals surface area contributed by atoms with Crippen molar-refractivity contribution in [2.24, 2.45) is 0 Å². The zero-order valence-electron chi connectivity index (χ0n) is 7.66. The largest absolute Gasteiger partial charge is 0.505 e. The summed E-state index contributed by atoms with van der Waals surface area (Å²) in [7, 11) is 0. The smallest absolute Gasteiger partial charge is 0.203 e. The first-order valence-electron chi connectivity index (χ1n) is 4.14. The molecule has 2 aromatic rings. The number of benzene rings is 1. The molecule has 0 aliphatic carbocycles. The minimum Gasteiger partial charge on any atom is -0.505 e. The van der Waals surface area contributed by atoms with Gasteiger partial charge in [0.15, 0.2) is 11.9 Å². The molecule has 1 aromatic heterocycles. The summed E-state index contributed by atoms with van der Waals surface area (Å²) in [5.41, 5.74) is -0.286. The van der Waals surface area contributed by atoms with Crippen LogP contribution >= 0.6 is 31.9 Å². The van der Waals surface area contributed by atoms with Gasteiger partial charge in [-0.15, -0.1) is 0 Å². The van der Waals surface area contributed by atoms with Crippen LogP contribution in [0.2, 0.25) is 0 Å². The van der Waals surface area contributed by atoms with Crippen LogP contribution in [-0.4, -0.2) is 11.4 Å². The number of fused-ring (bicyclic) bond motifs is 1. The number of halogens is 2. The Balaban J connectivity index is 3.02. The maximum atomic E-state index is 11.8. The number of rotatable bonds is 1. The van der Waals surface area contributed by atoms with Crippen molar-refractivity contribution in [1.29, 1.82) is 0 Å². The van der Waals surface area contributed by atoms with E-state index in [1.165, 1.54) is 6.07 Å². The summed E-state index contributed by atoms with van der Waals surface area (Å²) in [6.45, 7) is 0. The Kier molecular flexibility index (Phi) is 2.86. The van der Waals surface area contributed by atoms with Crippen molar-refractivity contribution in [3.63, 3.8) is 0 Å². The summed E-state index contributed by atoms with van der Waals surface area (Å²) >= 11 is 6.21. The monoisotopic (exact) mass is 346 g/mol. The van der Waals surface area contributed by atoms with Gasteiger partial charge >= 0.3 is 0 Å². The molecule has 16 heavy (non-hydrogen) atoms. The molecule has 1 aromatic carbocycles. The molecular formula is C10H4Br2O4. The van der Waals surface area contributed by atoms with Crippen molar-refractivity contribution >= 4 is 49.1 Å². The van der Waals surface area contributed by atoms with Crippen molar-refractivity contribution in [2.45, 2.75) is 0 Å². The van der Waals surface area contributed by atoms with Gasteiger partial charge < -0.3 is 9.52 Å². The summed E-state index contributed by atoms with van der Waals surface area (Å²) in [5, 5.41) is 9.82. The first-order valence-corrected chi connectivity index (χ1v) is 5.72. The lowest BCUT2D eigenvalue weighted by Crippen LogP contribution is -2.07. The number of aromatic hydroxyl groups is 1. The van der Waals surface area contributed by atoms with E-state index in [4.69, 9.17) is 4.42 Å². The zero-order chi connectivity index (χ0) is 11.9. The van der Waals surface area contributed by atoms with Crippen LogP contribution in [0.3, 0.4) is 0 Å². The number of aldehydes is 1. The highest BCUT2D eigenvalue weighted by Crippen LogP contribution is 2.37. The molecule has 82 valence electrons. The Morgan fingerprint density at radius 3 is 2.69 bits per heavy atom. The molecule has 0 spiro atoms. The van der Waals surface area contributed by atoms with Crippen molar-refractivity contribution < 1.29 is 14.3 Å². The van der Waals surface area contributed by atoms with E-state index in [-0.39, 0.29) is 26.8 Å². The summed E-state index contributed by atoms with van der Waals surface area (Å²) in [6, 6.07) is 1.41. The topological polar surface area (TPSA) is 67.5 Å². The zero-order valence-corrected chi connectivity index (χ0v) is 10.8. The summed E-state index contributed by atoms with van der Waals surface area (Å²) in [4.78, 5) is 22.3. The fourth-order valence-electron chi connectivity index (χ4n) is 1.29. The van der Waals surface area contributed by atoms with Crippen molar-refractivity contribution in [3.05, 3.63) is 37.1 Å². The van der Waals surface area contributed by atoms with Gasteiger partial charge in [-0.1, -0.05) is 0 Å². The lowest BCUT2D eigenvalue weighted by atomic mass is 10.2. The van der Waals surface area contributed by atoms with E-state index in [2.05, 4.69) is 31.9 Å². The number of hydrogen-bond acceptors (Lipinski definition) is 4. The molecule has 0 fully saturated rings. The Hall–Kier alpha value is -1.14. The van der Waals surface area contributed by atoms with Gasteiger partial charge in [-0.3, -0.25) is 9.59 Å². The lowest BCUT2D eigenvalue weighted by molar-refractivity contribution is 0.112. The second kappa shape index (κ2) is 4.03. The number of carbonyl (C=O) groups is 1. The van der Waals surface area contributed by atoms with Gasteiger partial charge in [0.05, 0.1) is 15.4 Å². The predicted octanol–water partition coefficient (Wildman–Crippen LogP) is 2.84. The Morgan fingerprint density at radius 1 is 1.38 bits per heavy atom. The van der Waals surface area contributed by atoms with Crippen molar-refractivity contribution in [1.82, 2.24) is 0 Å². The van der Waals surface area contributed by atoms with Crippen LogP contribution < -0.4 is 5.43 Å². The van der Waals surface area contributed by atoms with Gasteiger partial charge in [0, 0.05) is 0 Å². The number of phenolic OH excluding ortho intramolecular Hbond substituents is 1. The van der Waals surface area contributed by atoms with Crippen LogP contribution in [0.15, 0.2) is 30.5 Å². The summed E-state index contributed by atoms with van der Waals surface area (Å²) < 4.78 is 5.74. The van der Waals surface area contributed by atoms with E-state index in [1.54, 1.807) is 0 Å². The average molecular weight is 348 g/mol. The summed E-state index contributed by atoms with van der Waals surface area (Å²) in [6.07, 6.45) is 1.50. The van der Waals surface area contributed by atoms with E-state index in [0.29, 0.717) is 10.8 Å². The van der Waals surface area contributed by atoms with Crippen molar-refractivity contribution in [3.8, 4) is 5.75 Å². The van der Waals surface area contributed by atoms with Crippen molar-refractivity contribution in [2.75, 3.05) is 0 Å². The molecule has 0 amide bonds. The van der Waals surface area contributed by atoms with Gasteiger partial charge in [0.1, 0.15) is 16.5 Å². The number of phenols is 1. The van der Waals surface area contributed by atoms with Gasteiger partial charge in [-0.05, 0) is 37.9 Å². The quantitative estimate of drug-likeness (QED) is 0.805. The number of hydrogen-bond donors (Lipinski definition) is 1. The van der Waals surface area contributed by atoms with E-state index in [9.17, 15) is 14.7 Å². The van der Waals surface area contributed by atoms with E-state index < -0.39 is 5.43 Å². The number of carbonyl (C=O) groups excluding carboxylic acids is 1. The third-order valence-electron chi connectivity index (χ3n) is 2.09. The fraction of sp³-hybridized carbons (Fsp3) is 0. The Morgan fingerprint density at radius 2 is 2.06 bits per heavy atom. The van der Waals surface area contributed by atoms with Crippen LogP contribution in [0.4, 0.5) is 0 Å². The summed E-state index contributed by atoms with van der Waals surface area (Å²) in [5.74, 6) is -0.0606. The third-order valence-corrected chi connectivity index (χ3v) is 3.43. The second-order valence-electron chi connectivity index (χ2n) is 3.04. The first-order chi connectivity index (χ1) is 7.56. The highest BCUT2D eigenvalue weighted by molar-refractivity contribution is 9.11. The third kappa shape index (κ3) is 1.58. The molecule has 4 nitrogen and oxygen atoms in total. The molecule has 2 rings (SSSR count). The SMILES string of the molecule is O=Cc1coc2c(Br)c(O)c(Br)cc2c1=O. The average Bonchev–Trinajstić information content (AvgIpc) is 2.28. The normalized spacial score (nSPS) is 10.6. The molecule has 0 saturated carbocycles. The highest BCUT2D eigenvalue weighted by Gasteiger charge is 2.14. The van der Waals surface area contributed by atoms with E-state index in [0.717, 1.165) is 6.26 Å². The molecule has 6 heteroatoms. The van der Waals surface area contributed by atoms with Gasteiger partial charge in [-0.2, -0.15) is 0 Å². The molecule has 0 bridgehead atoms. The van der Waals surface area contributed by atoms with Crippen LogP contribution in [0.25, 0.3) is 11.0 Å². The molecule has 0 saturated heterocycles. The van der Waals surface area contributed by atoms with Crippen LogP contribution in [0.5, 0.6) is 5.75 Å². The molecule has 0 aliphatic heterocycles. The lowest BCUT2D eigenvalue weighted by Gasteiger charge is -2.04. The van der Waals surface area contributed by atoms with E-state index >= 15 is 0 Å². The van der Waals surface area contributed by atoms with Crippen LogP contribution in [-0.2, 0) is 0 Å². The van der Waals surface area contributed by atoms with Crippen LogP contribution in [0, 0.1) is 0 Å². The Labute approximate surface area is 106 Å². The first kappa shape index (κ1) is 11.3. The molecular weight excluding hydrogens is 344 g/mol.